The molecule has 6 nitrogen and oxygen atoms in total. The average Bonchev–Trinajstić information content (AvgIpc) is 3.05. The number of rotatable bonds is 3. The summed E-state index contributed by atoms with van der Waals surface area (Å²) < 4.78 is 10.5. The van der Waals surface area contributed by atoms with Gasteiger partial charge in [0.05, 0.1) is 11.8 Å². The Morgan fingerprint density at radius 2 is 1.95 bits per heavy atom. The molecule has 1 fully saturated rings. The van der Waals surface area contributed by atoms with Gasteiger partial charge < -0.3 is 19.9 Å². The Labute approximate surface area is 109 Å². The van der Waals surface area contributed by atoms with Gasteiger partial charge >= 0.3 is 5.97 Å². The second-order valence-corrected chi connectivity index (χ2v) is 4.80. The van der Waals surface area contributed by atoms with Crippen LogP contribution in [0.2, 0.25) is 0 Å². The van der Waals surface area contributed by atoms with Gasteiger partial charge in [0, 0.05) is 11.8 Å². The highest BCUT2D eigenvalue weighted by molar-refractivity contribution is 5.98. The summed E-state index contributed by atoms with van der Waals surface area (Å²) in [5, 5.41) is 11.6. The molecule has 0 spiro atoms. The van der Waals surface area contributed by atoms with E-state index < -0.39 is 17.8 Å². The van der Waals surface area contributed by atoms with E-state index in [1.54, 1.807) is 12.1 Å². The molecule has 0 aromatic heterocycles. The first-order chi connectivity index (χ1) is 9.06. The van der Waals surface area contributed by atoms with Crippen LogP contribution in [-0.2, 0) is 9.59 Å². The number of fused-ring (bicyclic) bond motifs is 1. The van der Waals surface area contributed by atoms with Crippen LogP contribution in [-0.4, -0.2) is 23.8 Å². The largest absolute Gasteiger partial charge is 0.481 e. The summed E-state index contributed by atoms with van der Waals surface area (Å²) in [5.74, 6) is -0.898. The number of benzene rings is 1. The minimum absolute atomic E-state index is 0.176. The lowest BCUT2D eigenvalue weighted by molar-refractivity contribution is -0.139. The van der Waals surface area contributed by atoms with Crippen LogP contribution in [0.4, 0.5) is 5.69 Å². The van der Waals surface area contributed by atoms with E-state index in [-0.39, 0.29) is 12.7 Å². The molecule has 6 heteroatoms. The van der Waals surface area contributed by atoms with E-state index in [0.717, 1.165) is 5.56 Å². The number of hydrogen-bond donors (Lipinski definition) is 2. The minimum Gasteiger partial charge on any atom is -0.481 e. The molecule has 1 amide bonds. The van der Waals surface area contributed by atoms with Crippen LogP contribution < -0.4 is 14.8 Å². The molecule has 0 saturated heterocycles. The zero-order valence-corrected chi connectivity index (χ0v) is 10.3. The quantitative estimate of drug-likeness (QED) is 0.860. The number of aliphatic carboxylic acids is 1. The molecule has 0 bridgehead atoms. The molecule has 0 unspecified atom stereocenters. The minimum atomic E-state index is -0.914. The van der Waals surface area contributed by atoms with Crippen molar-refractivity contribution < 1.29 is 24.2 Å². The number of anilines is 1. The Balaban J connectivity index is 1.74. The molecule has 1 saturated carbocycles. The molecular weight excluding hydrogens is 250 g/mol. The van der Waals surface area contributed by atoms with Gasteiger partial charge in [0.25, 0.3) is 0 Å². The van der Waals surface area contributed by atoms with Crippen molar-refractivity contribution in [2.24, 2.45) is 11.8 Å². The first-order valence-electron chi connectivity index (χ1n) is 6.00. The van der Waals surface area contributed by atoms with Crippen molar-refractivity contribution in [2.75, 3.05) is 12.1 Å². The molecule has 1 aliphatic heterocycles. The zero-order chi connectivity index (χ0) is 13.6. The monoisotopic (exact) mass is 263 g/mol. The molecule has 2 N–H and O–H groups in total. The van der Waals surface area contributed by atoms with Crippen LogP contribution in [0.25, 0.3) is 0 Å². The smallest absolute Gasteiger partial charge is 0.307 e. The van der Waals surface area contributed by atoms with Gasteiger partial charge in [-0.25, -0.2) is 0 Å². The predicted molar refractivity (Wildman–Crippen MR) is 65.2 cm³/mol. The molecule has 19 heavy (non-hydrogen) atoms. The third-order valence-corrected chi connectivity index (χ3v) is 3.42. The fourth-order valence-electron chi connectivity index (χ4n) is 2.16. The molecule has 1 aliphatic carbocycles. The van der Waals surface area contributed by atoms with Crippen LogP contribution in [0, 0.1) is 18.8 Å². The van der Waals surface area contributed by atoms with Gasteiger partial charge in [0.2, 0.25) is 12.7 Å². The van der Waals surface area contributed by atoms with Crippen molar-refractivity contribution in [3.63, 3.8) is 0 Å². The summed E-state index contributed by atoms with van der Waals surface area (Å²) in [7, 11) is 0. The molecular formula is C13H13NO5. The highest BCUT2D eigenvalue weighted by Gasteiger charge is 2.48. The summed E-state index contributed by atoms with van der Waals surface area (Å²) in [6, 6.07) is 3.49. The molecule has 1 aromatic rings. The summed E-state index contributed by atoms with van der Waals surface area (Å²) in [6.45, 7) is 2.02. The van der Waals surface area contributed by atoms with Crippen molar-refractivity contribution in [3.8, 4) is 11.5 Å². The van der Waals surface area contributed by atoms with E-state index in [1.807, 2.05) is 6.92 Å². The maximum Gasteiger partial charge on any atom is 0.307 e. The van der Waals surface area contributed by atoms with Gasteiger partial charge in [-0.05, 0) is 25.0 Å². The first-order valence-corrected chi connectivity index (χ1v) is 6.00. The number of carboxylic acids is 1. The normalized spacial score (nSPS) is 23.0. The van der Waals surface area contributed by atoms with Crippen molar-refractivity contribution in [2.45, 2.75) is 13.3 Å². The average molecular weight is 263 g/mol. The molecule has 3 rings (SSSR count). The molecule has 1 heterocycles. The van der Waals surface area contributed by atoms with Gasteiger partial charge in [0.1, 0.15) is 0 Å². The fraction of sp³-hybridized carbons (Fsp3) is 0.385. The Bertz CT molecular complexity index is 568. The summed E-state index contributed by atoms with van der Waals surface area (Å²) >= 11 is 0. The van der Waals surface area contributed by atoms with Crippen molar-refractivity contribution >= 4 is 17.6 Å². The van der Waals surface area contributed by atoms with E-state index in [4.69, 9.17) is 14.6 Å². The Morgan fingerprint density at radius 3 is 2.58 bits per heavy atom. The molecule has 100 valence electrons. The molecule has 0 radical (unpaired) electrons. The third kappa shape index (κ3) is 2.09. The SMILES string of the molecule is Cc1cc2c(cc1NC(=O)[C@@H]1C[C@H]1C(=O)O)OCO2. The summed E-state index contributed by atoms with van der Waals surface area (Å²) in [4.78, 5) is 22.6. The predicted octanol–water partition coefficient (Wildman–Crippen LogP) is 1.38. The highest BCUT2D eigenvalue weighted by atomic mass is 16.7. The number of carboxylic acid groups (broad SMARTS) is 1. The number of carbonyl (C=O) groups excluding carboxylic acids is 1. The van der Waals surface area contributed by atoms with Gasteiger partial charge in [-0.15, -0.1) is 0 Å². The molecule has 1 aromatic carbocycles. The lowest BCUT2D eigenvalue weighted by Crippen LogP contribution is -2.17. The van der Waals surface area contributed by atoms with Gasteiger partial charge in [-0.2, -0.15) is 0 Å². The number of aryl methyl sites for hydroxylation is 1. The lowest BCUT2D eigenvalue weighted by atomic mass is 10.1. The van der Waals surface area contributed by atoms with E-state index in [2.05, 4.69) is 5.32 Å². The van der Waals surface area contributed by atoms with Crippen LogP contribution in [0.1, 0.15) is 12.0 Å². The second-order valence-electron chi connectivity index (χ2n) is 4.80. The van der Waals surface area contributed by atoms with E-state index in [1.165, 1.54) is 0 Å². The molecule has 2 atom stereocenters. The van der Waals surface area contributed by atoms with E-state index >= 15 is 0 Å². The van der Waals surface area contributed by atoms with Crippen molar-refractivity contribution in [3.05, 3.63) is 17.7 Å². The number of ether oxygens (including phenoxy) is 2. The third-order valence-electron chi connectivity index (χ3n) is 3.42. The van der Waals surface area contributed by atoms with E-state index in [0.29, 0.717) is 23.6 Å². The molecule has 2 aliphatic rings. The Morgan fingerprint density at radius 1 is 1.26 bits per heavy atom. The number of nitrogens with one attached hydrogen (secondary N) is 1. The van der Waals surface area contributed by atoms with Crippen LogP contribution in [0.5, 0.6) is 11.5 Å². The summed E-state index contributed by atoms with van der Waals surface area (Å²) in [6.07, 6.45) is 0.408. The summed E-state index contributed by atoms with van der Waals surface area (Å²) in [5.41, 5.74) is 1.48. The van der Waals surface area contributed by atoms with Crippen LogP contribution in [0.3, 0.4) is 0 Å². The van der Waals surface area contributed by atoms with Crippen LogP contribution in [0.15, 0.2) is 12.1 Å². The Hall–Kier alpha value is -2.24. The zero-order valence-electron chi connectivity index (χ0n) is 10.3. The lowest BCUT2D eigenvalue weighted by Gasteiger charge is -2.09. The fourth-order valence-corrected chi connectivity index (χ4v) is 2.16. The van der Waals surface area contributed by atoms with Crippen molar-refractivity contribution in [1.82, 2.24) is 0 Å². The maximum absolute atomic E-state index is 11.9. The van der Waals surface area contributed by atoms with Gasteiger partial charge in [0.15, 0.2) is 11.5 Å². The number of amides is 1. The van der Waals surface area contributed by atoms with Crippen LogP contribution >= 0.6 is 0 Å². The Kier molecular flexibility index (Phi) is 2.58. The second kappa shape index (κ2) is 4.15. The van der Waals surface area contributed by atoms with Gasteiger partial charge in [-0.1, -0.05) is 0 Å². The van der Waals surface area contributed by atoms with Crippen molar-refractivity contribution in [1.29, 1.82) is 0 Å². The topological polar surface area (TPSA) is 84.9 Å². The van der Waals surface area contributed by atoms with Gasteiger partial charge in [-0.3, -0.25) is 9.59 Å². The maximum atomic E-state index is 11.9. The number of carbonyl (C=O) groups is 2. The van der Waals surface area contributed by atoms with E-state index in [9.17, 15) is 9.59 Å². The standard InChI is InChI=1S/C13H13NO5/c1-6-2-10-11(19-5-18-10)4-9(6)14-12(15)7-3-8(7)13(16)17/h2,4,7-8H,3,5H2,1H3,(H,14,15)(H,16,17)/t7-,8-/m1/s1. The number of hydrogen-bond acceptors (Lipinski definition) is 4. The first kappa shape index (κ1) is 11.8. The highest BCUT2D eigenvalue weighted by Crippen LogP contribution is 2.41.